The van der Waals surface area contributed by atoms with Crippen molar-refractivity contribution in [2.24, 2.45) is 0 Å². The van der Waals surface area contributed by atoms with Crippen molar-refractivity contribution in [2.75, 3.05) is 32.1 Å². The average molecular weight is 284 g/mol. The highest BCUT2D eigenvalue weighted by atomic mass is 35.5. The fraction of sp³-hybridized carbons (Fsp3) is 0.643. The summed E-state index contributed by atoms with van der Waals surface area (Å²) in [6.07, 6.45) is 2.58. The number of ether oxygens (including phenoxy) is 1. The molecule has 5 heteroatoms. The van der Waals surface area contributed by atoms with E-state index in [0.717, 1.165) is 55.6 Å². The van der Waals surface area contributed by atoms with Crippen LogP contribution in [0.25, 0.3) is 0 Å². The van der Waals surface area contributed by atoms with Gasteiger partial charge in [-0.25, -0.2) is 4.98 Å². The van der Waals surface area contributed by atoms with Crippen molar-refractivity contribution in [1.82, 2.24) is 9.88 Å². The largest absolute Gasteiger partial charge is 0.381 e. The summed E-state index contributed by atoms with van der Waals surface area (Å²) in [7, 11) is 1.79. The molecule has 0 bridgehead atoms. The zero-order chi connectivity index (χ0) is 13.7. The molecule has 1 aliphatic rings. The fourth-order valence-corrected chi connectivity index (χ4v) is 2.55. The summed E-state index contributed by atoms with van der Waals surface area (Å²) in [5.74, 6) is 0.897. The molecule has 1 aliphatic heterocycles. The van der Waals surface area contributed by atoms with Crippen LogP contribution in [-0.4, -0.2) is 42.7 Å². The van der Waals surface area contributed by atoms with Crippen LogP contribution in [0.5, 0.6) is 0 Å². The second kappa shape index (κ2) is 7.08. The molecule has 0 radical (unpaired) electrons. The lowest BCUT2D eigenvalue weighted by atomic mass is 10.1. The number of piperidine rings is 1. The molecule has 1 aromatic rings. The first-order chi connectivity index (χ1) is 9.22. The number of nitrogens with zero attached hydrogens (tertiary/aromatic N) is 2. The Labute approximate surface area is 120 Å². The maximum absolute atomic E-state index is 6.23. The number of rotatable bonds is 5. The predicted octanol–water partition coefficient (Wildman–Crippen LogP) is 2.78. The normalized spacial score (nSPS) is 17.6. The fourth-order valence-electron chi connectivity index (χ4n) is 2.39. The number of methoxy groups -OCH3 is 1. The number of pyridine rings is 1. The van der Waals surface area contributed by atoms with Crippen LogP contribution >= 0.6 is 11.6 Å². The number of nitrogens with one attached hydrogen (secondary N) is 1. The molecule has 19 heavy (non-hydrogen) atoms. The standard InChI is InChI=1S/C14H22ClN3O/c1-3-16-14-5-4-12(15)13(17-14)10-18-8-6-11(19-2)7-9-18/h4-5,11H,3,6-10H2,1-2H3,(H,16,17). The van der Waals surface area contributed by atoms with E-state index in [9.17, 15) is 0 Å². The summed E-state index contributed by atoms with van der Waals surface area (Å²) in [5.41, 5.74) is 0.955. The van der Waals surface area contributed by atoms with Gasteiger partial charge >= 0.3 is 0 Å². The molecule has 1 N–H and O–H groups in total. The lowest BCUT2D eigenvalue weighted by Gasteiger charge is -2.31. The molecule has 0 saturated carbocycles. The Morgan fingerprint density at radius 1 is 1.42 bits per heavy atom. The molecule has 0 aliphatic carbocycles. The molecule has 0 aromatic carbocycles. The summed E-state index contributed by atoms with van der Waals surface area (Å²) < 4.78 is 5.39. The average Bonchev–Trinajstić information content (AvgIpc) is 2.44. The minimum Gasteiger partial charge on any atom is -0.381 e. The Kier molecular flexibility index (Phi) is 5.43. The second-order valence-electron chi connectivity index (χ2n) is 4.87. The van der Waals surface area contributed by atoms with Crippen LogP contribution in [0, 0.1) is 0 Å². The van der Waals surface area contributed by atoms with Crippen molar-refractivity contribution >= 4 is 17.4 Å². The third-order valence-electron chi connectivity index (χ3n) is 3.52. The molecule has 1 fully saturated rings. The maximum atomic E-state index is 6.23. The van der Waals surface area contributed by atoms with Gasteiger partial charge in [-0.3, -0.25) is 4.90 Å². The van der Waals surface area contributed by atoms with Gasteiger partial charge in [0.2, 0.25) is 0 Å². The smallest absolute Gasteiger partial charge is 0.126 e. The number of hydrogen-bond acceptors (Lipinski definition) is 4. The summed E-state index contributed by atoms with van der Waals surface area (Å²) in [4.78, 5) is 6.97. The van der Waals surface area contributed by atoms with Crippen LogP contribution in [0.15, 0.2) is 12.1 Å². The highest BCUT2D eigenvalue weighted by Crippen LogP contribution is 2.21. The van der Waals surface area contributed by atoms with Gasteiger partial charge in [0, 0.05) is 33.3 Å². The van der Waals surface area contributed by atoms with E-state index in [2.05, 4.69) is 22.1 Å². The highest BCUT2D eigenvalue weighted by molar-refractivity contribution is 6.31. The van der Waals surface area contributed by atoms with Crippen LogP contribution in [0.3, 0.4) is 0 Å². The quantitative estimate of drug-likeness (QED) is 0.902. The minimum atomic E-state index is 0.410. The van der Waals surface area contributed by atoms with E-state index < -0.39 is 0 Å². The SMILES string of the molecule is CCNc1ccc(Cl)c(CN2CCC(OC)CC2)n1. The van der Waals surface area contributed by atoms with Crippen molar-refractivity contribution in [3.8, 4) is 0 Å². The van der Waals surface area contributed by atoms with Crippen molar-refractivity contribution in [3.63, 3.8) is 0 Å². The molecular weight excluding hydrogens is 262 g/mol. The van der Waals surface area contributed by atoms with Gasteiger partial charge in [-0.2, -0.15) is 0 Å². The molecule has 1 saturated heterocycles. The van der Waals surface area contributed by atoms with Gasteiger partial charge in [0.1, 0.15) is 5.82 Å². The first-order valence-corrected chi connectivity index (χ1v) is 7.25. The van der Waals surface area contributed by atoms with Crippen molar-refractivity contribution < 1.29 is 4.74 Å². The Balaban J connectivity index is 1.96. The lowest BCUT2D eigenvalue weighted by Crippen LogP contribution is -2.36. The van der Waals surface area contributed by atoms with Crippen molar-refractivity contribution in [1.29, 1.82) is 0 Å². The molecule has 0 unspecified atom stereocenters. The summed E-state index contributed by atoms with van der Waals surface area (Å²) in [6, 6.07) is 3.84. The Bertz CT molecular complexity index is 406. The van der Waals surface area contributed by atoms with Gasteiger partial charge < -0.3 is 10.1 Å². The van der Waals surface area contributed by atoms with E-state index in [1.54, 1.807) is 7.11 Å². The van der Waals surface area contributed by atoms with E-state index in [1.165, 1.54) is 0 Å². The molecule has 4 nitrogen and oxygen atoms in total. The molecule has 0 spiro atoms. The summed E-state index contributed by atoms with van der Waals surface area (Å²) >= 11 is 6.23. The number of halogens is 1. The molecule has 0 atom stereocenters. The van der Waals surface area contributed by atoms with Crippen LogP contribution < -0.4 is 5.32 Å². The van der Waals surface area contributed by atoms with Crippen molar-refractivity contribution in [3.05, 3.63) is 22.8 Å². The van der Waals surface area contributed by atoms with Gasteiger partial charge in [-0.15, -0.1) is 0 Å². The number of anilines is 1. The van der Waals surface area contributed by atoms with E-state index in [0.29, 0.717) is 6.10 Å². The molecule has 2 rings (SSSR count). The number of likely N-dealkylation sites (tertiary alicyclic amines) is 1. The number of hydrogen-bond donors (Lipinski definition) is 1. The van der Waals surface area contributed by atoms with Gasteiger partial charge in [0.25, 0.3) is 0 Å². The predicted molar refractivity (Wildman–Crippen MR) is 78.7 cm³/mol. The summed E-state index contributed by atoms with van der Waals surface area (Å²) in [6.45, 7) is 5.83. The monoisotopic (exact) mass is 283 g/mol. The first-order valence-electron chi connectivity index (χ1n) is 6.87. The Morgan fingerprint density at radius 3 is 2.79 bits per heavy atom. The van der Waals surface area contributed by atoms with E-state index in [1.807, 2.05) is 12.1 Å². The molecular formula is C14H22ClN3O. The lowest BCUT2D eigenvalue weighted by molar-refractivity contribution is 0.0385. The minimum absolute atomic E-state index is 0.410. The second-order valence-corrected chi connectivity index (χ2v) is 5.27. The van der Waals surface area contributed by atoms with Gasteiger partial charge in [0.05, 0.1) is 16.8 Å². The van der Waals surface area contributed by atoms with Crippen LogP contribution in [-0.2, 0) is 11.3 Å². The number of aromatic nitrogens is 1. The highest BCUT2D eigenvalue weighted by Gasteiger charge is 2.19. The van der Waals surface area contributed by atoms with Crippen LogP contribution in [0.2, 0.25) is 5.02 Å². The summed E-state index contributed by atoms with van der Waals surface area (Å²) in [5, 5.41) is 3.97. The Hall–Kier alpha value is -0.840. The molecule has 106 valence electrons. The van der Waals surface area contributed by atoms with Crippen molar-refractivity contribution in [2.45, 2.75) is 32.4 Å². The van der Waals surface area contributed by atoms with Gasteiger partial charge in [-0.05, 0) is 31.9 Å². The van der Waals surface area contributed by atoms with E-state index in [4.69, 9.17) is 16.3 Å². The molecule has 2 heterocycles. The first kappa shape index (κ1) is 14.6. The molecule has 1 aromatic heterocycles. The zero-order valence-electron chi connectivity index (χ0n) is 11.7. The van der Waals surface area contributed by atoms with E-state index >= 15 is 0 Å². The van der Waals surface area contributed by atoms with Gasteiger partial charge in [0.15, 0.2) is 0 Å². The van der Waals surface area contributed by atoms with E-state index in [-0.39, 0.29) is 0 Å². The van der Waals surface area contributed by atoms with Crippen LogP contribution in [0.4, 0.5) is 5.82 Å². The third kappa shape index (κ3) is 4.06. The topological polar surface area (TPSA) is 37.4 Å². The maximum Gasteiger partial charge on any atom is 0.126 e. The zero-order valence-corrected chi connectivity index (χ0v) is 12.4. The van der Waals surface area contributed by atoms with Gasteiger partial charge in [-0.1, -0.05) is 11.6 Å². The Morgan fingerprint density at radius 2 is 2.16 bits per heavy atom. The third-order valence-corrected chi connectivity index (χ3v) is 3.86. The van der Waals surface area contributed by atoms with Crippen LogP contribution in [0.1, 0.15) is 25.5 Å². The molecule has 0 amide bonds.